The van der Waals surface area contributed by atoms with E-state index in [-0.39, 0.29) is 4.83 Å². The van der Waals surface area contributed by atoms with Gasteiger partial charge in [-0.1, -0.05) is 62.2 Å². The molecule has 0 aliphatic carbocycles. The van der Waals surface area contributed by atoms with Gasteiger partial charge < -0.3 is 9.47 Å². The van der Waals surface area contributed by atoms with Crippen molar-refractivity contribution in [3.63, 3.8) is 0 Å². The molecule has 1 atom stereocenters. The predicted octanol–water partition coefficient (Wildman–Crippen LogP) is 4.20. The Morgan fingerprint density at radius 2 is 1.85 bits per heavy atom. The lowest BCUT2D eigenvalue weighted by Gasteiger charge is -2.13. The number of ether oxygens (including phenoxy) is 2. The Hall–Kier alpha value is -1.07. The molecule has 1 aromatic carbocycles. The first-order valence-corrected chi connectivity index (χ1v) is 8.27. The molecule has 0 saturated carbocycles. The number of pyridine rings is 1. The van der Waals surface area contributed by atoms with Crippen LogP contribution >= 0.6 is 31.9 Å². The summed E-state index contributed by atoms with van der Waals surface area (Å²) in [5.74, 6) is 1.37. The zero-order valence-electron chi connectivity index (χ0n) is 10.8. The number of alkyl halides is 2. The summed E-state index contributed by atoms with van der Waals surface area (Å²) in [6.45, 7) is 1.07. The van der Waals surface area contributed by atoms with Crippen LogP contribution in [0.1, 0.15) is 5.56 Å². The van der Waals surface area contributed by atoms with Gasteiger partial charge in [-0.3, -0.25) is 4.98 Å². The van der Waals surface area contributed by atoms with E-state index in [9.17, 15) is 0 Å². The summed E-state index contributed by atoms with van der Waals surface area (Å²) in [5, 5.41) is 0.827. The largest absolute Gasteiger partial charge is 0.487 e. The maximum Gasteiger partial charge on any atom is 0.179 e. The van der Waals surface area contributed by atoms with Gasteiger partial charge in [0.2, 0.25) is 0 Å². The molecule has 0 amide bonds. The van der Waals surface area contributed by atoms with Crippen LogP contribution in [0.3, 0.4) is 0 Å². The van der Waals surface area contributed by atoms with Crippen LogP contribution < -0.4 is 9.47 Å². The average Bonchev–Trinajstić information content (AvgIpc) is 2.52. The molecule has 0 aliphatic heterocycles. The number of nitrogens with zero attached hydrogens (tertiary/aromatic N) is 1. The van der Waals surface area contributed by atoms with E-state index < -0.39 is 0 Å². The lowest BCUT2D eigenvalue weighted by molar-refractivity contribution is 0.263. The number of hydrogen-bond donors (Lipinski definition) is 0. The molecule has 2 aromatic rings. The highest BCUT2D eigenvalue weighted by molar-refractivity contribution is 9.12. The fourth-order valence-corrected chi connectivity index (χ4v) is 1.87. The Bertz CT molecular complexity index is 522. The van der Waals surface area contributed by atoms with Crippen LogP contribution in [0.15, 0.2) is 48.8 Å². The van der Waals surface area contributed by atoms with E-state index in [2.05, 4.69) is 36.8 Å². The van der Waals surface area contributed by atoms with Crippen LogP contribution in [0.25, 0.3) is 0 Å². The molecular formula is C15H15Br2NO2. The van der Waals surface area contributed by atoms with Gasteiger partial charge in [0.05, 0.1) is 11.0 Å². The highest BCUT2D eigenvalue weighted by Gasteiger charge is 2.08. The zero-order chi connectivity index (χ0) is 14.2. The Kier molecular flexibility index (Phi) is 6.33. The molecule has 0 bridgehead atoms. The minimum atomic E-state index is 0.254. The molecule has 106 valence electrons. The number of benzene rings is 1. The van der Waals surface area contributed by atoms with Gasteiger partial charge in [0, 0.05) is 17.6 Å². The second-order valence-electron chi connectivity index (χ2n) is 4.16. The predicted molar refractivity (Wildman–Crippen MR) is 87.0 cm³/mol. The second kappa shape index (κ2) is 8.27. The van der Waals surface area contributed by atoms with Crippen LogP contribution in [0.4, 0.5) is 0 Å². The highest BCUT2D eigenvalue weighted by atomic mass is 79.9. The monoisotopic (exact) mass is 399 g/mol. The van der Waals surface area contributed by atoms with Crippen molar-refractivity contribution >= 4 is 31.9 Å². The third kappa shape index (κ3) is 4.80. The second-order valence-corrected chi connectivity index (χ2v) is 6.10. The Morgan fingerprint density at radius 1 is 1.05 bits per heavy atom. The van der Waals surface area contributed by atoms with E-state index in [1.54, 1.807) is 12.4 Å². The molecule has 20 heavy (non-hydrogen) atoms. The maximum atomic E-state index is 5.80. The van der Waals surface area contributed by atoms with Crippen molar-refractivity contribution < 1.29 is 9.47 Å². The Labute approximate surface area is 135 Å². The minimum Gasteiger partial charge on any atom is -0.487 e. The van der Waals surface area contributed by atoms with Gasteiger partial charge in [0.25, 0.3) is 0 Å². The highest BCUT2D eigenvalue weighted by Crippen LogP contribution is 2.26. The first-order valence-electron chi connectivity index (χ1n) is 6.23. The van der Waals surface area contributed by atoms with E-state index in [0.29, 0.717) is 24.7 Å². The Balaban J connectivity index is 1.97. The summed E-state index contributed by atoms with van der Waals surface area (Å²) in [4.78, 5) is 4.33. The van der Waals surface area contributed by atoms with Crippen molar-refractivity contribution in [1.29, 1.82) is 0 Å². The van der Waals surface area contributed by atoms with Gasteiger partial charge in [0.15, 0.2) is 11.5 Å². The quantitative estimate of drug-likeness (QED) is 0.652. The molecular weight excluding hydrogens is 386 g/mol. The molecule has 5 heteroatoms. The van der Waals surface area contributed by atoms with Gasteiger partial charge in [-0.15, -0.1) is 0 Å². The van der Waals surface area contributed by atoms with E-state index in [0.717, 1.165) is 10.9 Å². The molecule has 0 radical (unpaired) electrons. The summed E-state index contributed by atoms with van der Waals surface area (Å²) >= 11 is 6.90. The first-order chi connectivity index (χ1) is 9.79. The molecule has 0 fully saturated rings. The molecule has 0 aliphatic rings. The molecule has 1 heterocycles. The number of aromatic nitrogens is 1. The molecule has 0 spiro atoms. The molecule has 2 rings (SSSR count). The van der Waals surface area contributed by atoms with Gasteiger partial charge in [-0.05, 0) is 5.56 Å². The van der Waals surface area contributed by atoms with Gasteiger partial charge in [0.1, 0.15) is 13.2 Å². The van der Waals surface area contributed by atoms with Gasteiger partial charge >= 0.3 is 0 Å². The summed E-state index contributed by atoms with van der Waals surface area (Å²) in [7, 11) is 0. The SMILES string of the molecule is BrCC(Br)COc1cnccc1OCc1ccccc1. The fourth-order valence-electron chi connectivity index (χ4n) is 1.55. The summed E-state index contributed by atoms with van der Waals surface area (Å²) in [6, 6.07) is 11.8. The topological polar surface area (TPSA) is 31.4 Å². The van der Waals surface area contributed by atoms with Crippen molar-refractivity contribution in [3.05, 3.63) is 54.4 Å². The molecule has 0 N–H and O–H groups in total. The maximum absolute atomic E-state index is 5.80. The summed E-state index contributed by atoms with van der Waals surface area (Å²) in [5.41, 5.74) is 1.12. The zero-order valence-corrected chi connectivity index (χ0v) is 14.0. The van der Waals surface area contributed by atoms with Crippen molar-refractivity contribution in [2.45, 2.75) is 11.4 Å². The van der Waals surface area contributed by atoms with Gasteiger partial charge in [-0.25, -0.2) is 0 Å². The third-order valence-electron chi connectivity index (χ3n) is 2.57. The van der Waals surface area contributed by atoms with Crippen LogP contribution in [0.5, 0.6) is 11.5 Å². The molecule has 0 saturated heterocycles. The number of hydrogen-bond acceptors (Lipinski definition) is 3. The molecule has 1 unspecified atom stereocenters. The van der Waals surface area contributed by atoms with E-state index in [4.69, 9.17) is 9.47 Å². The number of rotatable bonds is 7. The van der Waals surface area contributed by atoms with E-state index in [1.165, 1.54) is 0 Å². The minimum absolute atomic E-state index is 0.254. The first kappa shape index (κ1) is 15.3. The standard InChI is InChI=1S/C15H15Br2NO2/c16-8-13(17)11-20-15-9-18-7-6-14(15)19-10-12-4-2-1-3-5-12/h1-7,9,13H,8,10-11H2. The van der Waals surface area contributed by atoms with Crippen LogP contribution in [-0.2, 0) is 6.61 Å². The van der Waals surface area contributed by atoms with Gasteiger partial charge in [-0.2, -0.15) is 0 Å². The fraction of sp³-hybridized carbons (Fsp3) is 0.267. The lowest BCUT2D eigenvalue weighted by atomic mass is 10.2. The van der Waals surface area contributed by atoms with Crippen LogP contribution in [0.2, 0.25) is 0 Å². The smallest absolute Gasteiger partial charge is 0.179 e. The Morgan fingerprint density at radius 3 is 2.60 bits per heavy atom. The summed E-state index contributed by atoms with van der Waals surface area (Å²) < 4.78 is 11.5. The normalized spacial score (nSPS) is 11.9. The summed E-state index contributed by atoms with van der Waals surface area (Å²) in [6.07, 6.45) is 3.37. The third-order valence-corrected chi connectivity index (χ3v) is 4.81. The molecule has 3 nitrogen and oxygen atoms in total. The van der Waals surface area contributed by atoms with Crippen molar-refractivity contribution in [3.8, 4) is 11.5 Å². The van der Waals surface area contributed by atoms with E-state index >= 15 is 0 Å². The lowest BCUT2D eigenvalue weighted by Crippen LogP contribution is -2.13. The van der Waals surface area contributed by atoms with Crippen molar-refractivity contribution in [1.82, 2.24) is 4.98 Å². The van der Waals surface area contributed by atoms with Crippen LogP contribution in [0, 0.1) is 0 Å². The number of halogens is 2. The van der Waals surface area contributed by atoms with Crippen LogP contribution in [-0.4, -0.2) is 21.7 Å². The molecule has 1 aromatic heterocycles. The average molecular weight is 401 g/mol. The van der Waals surface area contributed by atoms with E-state index in [1.807, 2.05) is 36.4 Å². The van der Waals surface area contributed by atoms with Crippen molar-refractivity contribution in [2.75, 3.05) is 11.9 Å². The van der Waals surface area contributed by atoms with Crippen molar-refractivity contribution in [2.24, 2.45) is 0 Å².